The summed E-state index contributed by atoms with van der Waals surface area (Å²) in [6.45, 7) is 6.61. The van der Waals surface area contributed by atoms with Crippen molar-refractivity contribution in [2.45, 2.75) is 51.2 Å². The number of aromatic nitrogens is 1. The van der Waals surface area contributed by atoms with Crippen LogP contribution in [0.2, 0.25) is 0 Å². The quantitative estimate of drug-likeness (QED) is 0.349. The molecule has 1 amide bonds. The molecule has 4 rings (SSSR count). The third-order valence-corrected chi connectivity index (χ3v) is 6.50. The van der Waals surface area contributed by atoms with Gasteiger partial charge in [-0.1, -0.05) is 18.9 Å². The van der Waals surface area contributed by atoms with E-state index >= 15 is 0 Å². The number of hydrogen-bond donors (Lipinski definition) is 1. The van der Waals surface area contributed by atoms with Crippen LogP contribution in [0.15, 0.2) is 23.3 Å². The Bertz CT molecular complexity index is 737. The van der Waals surface area contributed by atoms with E-state index in [-0.39, 0.29) is 36.0 Å². The van der Waals surface area contributed by atoms with E-state index in [1.54, 1.807) is 0 Å². The Balaban J connectivity index is 0.00000289. The van der Waals surface area contributed by atoms with Gasteiger partial charge in [0.15, 0.2) is 5.96 Å². The first-order valence-corrected chi connectivity index (χ1v) is 11.8. The molecular formula is C23H37IN6O2. The molecule has 1 N–H and O–H groups in total. The molecule has 9 heteroatoms. The first-order valence-electron chi connectivity index (χ1n) is 11.8. The van der Waals surface area contributed by atoms with Gasteiger partial charge in [-0.05, 0) is 37.3 Å². The number of piperazine rings is 1. The molecule has 1 aromatic heterocycles. The number of anilines is 1. The third-order valence-electron chi connectivity index (χ3n) is 6.50. The molecule has 1 unspecified atom stereocenters. The average Bonchev–Trinajstić information content (AvgIpc) is 3.22. The van der Waals surface area contributed by atoms with Gasteiger partial charge in [-0.25, -0.2) is 4.98 Å². The fraction of sp³-hybridized carbons (Fsp3) is 0.696. The molecule has 3 aliphatic rings. The lowest BCUT2D eigenvalue weighted by Crippen LogP contribution is -2.55. The number of aliphatic imine (C=N–C) groups is 1. The molecule has 0 aliphatic carbocycles. The Morgan fingerprint density at radius 1 is 1.06 bits per heavy atom. The molecular weight excluding hydrogens is 519 g/mol. The molecule has 0 radical (unpaired) electrons. The second kappa shape index (κ2) is 12.6. The molecule has 0 saturated carbocycles. The van der Waals surface area contributed by atoms with E-state index in [0.717, 1.165) is 56.4 Å². The Kier molecular flexibility index (Phi) is 9.83. The maximum absolute atomic E-state index is 12.5. The van der Waals surface area contributed by atoms with E-state index in [9.17, 15) is 4.79 Å². The zero-order chi connectivity index (χ0) is 21.5. The molecule has 0 spiro atoms. The highest BCUT2D eigenvalue weighted by atomic mass is 127. The van der Waals surface area contributed by atoms with Gasteiger partial charge in [-0.15, -0.1) is 24.0 Å². The number of hydrogen-bond acceptors (Lipinski definition) is 5. The number of pyridine rings is 1. The lowest BCUT2D eigenvalue weighted by atomic mass is 10.2. The summed E-state index contributed by atoms with van der Waals surface area (Å²) in [4.78, 5) is 28.3. The summed E-state index contributed by atoms with van der Waals surface area (Å²) in [5.74, 6) is 2.11. The van der Waals surface area contributed by atoms with Crippen LogP contribution in [0.4, 0.5) is 5.82 Å². The molecule has 3 fully saturated rings. The van der Waals surface area contributed by atoms with Crippen molar-refractivity contribution in [3.8, 4) is 0 Å². The van der Waals surface area contributed by atoms with Crippen molar-refractivity contribution >= 4 is 41.7 Å². The minimum atomic E-state index is -0.228. The van der Waals surface area contributed by atoms with Gasteiger partial charge in [0.1, 0.15) is 11.9 Å². The first kappa shape index (κ1) is 25.0. The first-order chi connectivity index (χ1) is 15.2. The van der Waals surface area contributed by atoms with E-state index < -0.39 is 0 Å². The number of guanidine groups is 1. The number of carbonyl (C=O) groups excluding carboxylic acids is 1. The predicted molar refractivity (Wildman–Crippen MR) is 138 cm³/mol. The Morgan fingerprint density at radius 3 is 2.38 bits per heavy atom. The van der Waals surface area contributed by atoms with Gasteiger partial charge in [0, 0.05) is 65.7 Å². The van der Waals surface area contributed by atoms with E-state index in [4.69, 9.17) is 9.72 Å². The lowest BCUT2D eigenvalue weighted by molar-refractivity contribution is -0.142. The molecule has 1 aromatic rings. The Morgan fingerprint density at radius 2 is 1.78 bits per heavy atom. The number of rotatable bonds is 4. The molecule has 178 valence electrons. The number of halogens is 1. The number of amides is 1. The van der Waals surface area contributed by atoms with Crippen LogP contribution in [0.1, 0.15) is 44.1 Å². The standard InChI is InChI=1S/C23H36N6O2.HI/c1-24-23(29-14-12-28(13-15-29)22(30)20-7-6-16-31-20)26-18-19-8-9-21(25-17-19)27-10-4-2-3-5-11-27;/h8-9,17,20H,2-7,10-16,18H2,1H3,(H,24,26);1H. The second-order valence-electron chi connectivity index (χ2n) is 8.64. The van der Waals surface area contributed by atoms with Crippen LogP contribution >= 0.6 is 24.0 Å². The number of nitrogens with zero attached hydrogens (tertiary/aromatic N) is 5. The molecule has 8 nitrogen and oxygen atoms in total. The molecule has 0 aromatic carbocycles. The van der Waals surface area contributed by atoms with E-state index in [0.29, 0.717) is 26.2 Å². The van der Waals surface area contributed by atoms with Gasteiger partial charge in [0.25, 0.3) is 5.91 Å². The van der Waals surface area contributed by atoms with Crippen LogP contribution in [0, 0.1) is 0 Å². The topological polar surface area (TPSA) is 73.3 Å². The summed E-state index contributed by atoms with van der Waals surface area (Å²) >= 11 is 0. The summed E-state index contributed by atoms with van der Waals surface area (Å²) in [5, 5.41) is 3.46. The number of ether oxygens (including phenoxy) is 1. The van der Waals surface area contributed by atoms with Crippen LogP contribution < -0.4 is 10.2 Å². The summed E-state index contributed by atoms with van der Waals surface area (Å²) in [7, 11) is 1.81. The minimum absolute atomic E-state index is 0. The lowest BCUT2D eigenvalue weighted by Gasteiger charge is -2.37. The smallest absolute Gasteiger partial charge is 0.251 e. The minimum Gasteiger partial charge on any atom is -0.368 e. The van der Waals surface area contributed by atoms with E-state index in [1.165, 1.54) is 25.7 Å². The largest absolute Gasteiger partial charge is 0.368 e. The zero-order valence-electron chi connectivity index (χ0n) is 19.2. The molecule has 3 aliphatic heterocycles. The van der Waals surface area contributed by atoms with Gasteiger partial charge < -0.3 is 24.8 Å². The van der Waals surface area contributed by atoms with Gasteiger partial charge >= 0.3 is 0 Å². The highest BCUT2D eigenvalue weighted by Gasteiger charge is 2.30. The second-order valence-corrected chi connectivity index (χ2v) is 8.64. The van der Waals surface area contributed by atoms with Crippen molar-refractivity contribution in [3.05, 3.63) is 23.9 Å². The fourth-order valence-electron chi connectivity index (χ4n) is 4.64. The highest BCUT2D eigenvalue weighted by Crippen LogP contribution is 2.18. The van der Waals surface area contributed by atoms with Crippen molar-refractivity contribution in [2.75, 3.05) is 57.8 Å². The SMILES string of the molecule is CN=C(NCc1ccc(N2CCCCCC2)nc1)N1CCN(C(=O)C2CCCO2)CC1.I. The van der Waals surface area contributed by atoms with E-state index in [1.807, 2.05) is 18.1 Å². The Labute approximate surface area is 208 Å². The zero-order valence-corrected chi connectivity index (χ0v) is 21.5. The maximum atomic E-state index is 12.5. The van der Waals surface area contributed by atoms with Crippen molar-refractivity contribution in [1.29, 1.82) is 0 Å². The predicted octanol–water partition coefficient (Wildman–Crippen LogP) is 2.48. The average molecular weight is 556 g/mol. The van der Waals surface area contributed by atoms with Gasteiger partial charge in [-0.3, -0.25) is 9.79 Å². The van der Waals surface area contributed by atoms with E-state index in [2.05, 4.69) is 32.2 Å². The number of nitrogens with one attached hydrogen (secondary N) is 1. The summed E-state index contributed by atoms with van der Waals surface area (Å²) in [5.41, 5.74) is 1.15. The third kappa shape index (κ3) is 6.46. The number of carbonyl (C=O) groups is 1. The summed E-state index contributed by atoms with van der Waals surface area (Å²) in [6, 6.07) is 4.30. The van der Waals surface area contributed by atoms with Crippen LogP contribution in [0.25, 0.3) is 0 Å². The van der Waals surface area contributed by atoms with Crippen LogP contribution in [-0.4, -0.2) is 85.7 Å². The van der Waals surface area contributed by atoms with Crippen LogP contribution in [0.5, 0.6) is 0 Å². The summed E-state index contributed by atoms with van der Waals surface area (Å²) in [6.07, 6.45) is 8.76. The normalized spacial score (nSPS) is 22.3. The Hall–Kier alpha value is -1.62. The van der Waals surface area contributed by atoms with Crippen LogP contribution in [-0.2, 0) is 16.1 Å². The van der Waals surface area contributed by atoms with Crippen molar-refractivity contribution in [3.63, 3.8) is 0 Å². The van der Waals surface area contributed by atoms with Crippen LogP contribution in [0.3, 0.4) is 0 Å². The molecule has 0 bridgehead atoms. The van der Waals surface area contributed by atoms with Crippen molar-refractivity contribution in [2.24, 2.45) is 4.99 Å². The maximum Gasteiger partial charge on any atom is 0.251 e. The monoisotopic (exact) mass is 556 g/mol. The van der Waals surface area contributed by atoms with Gasteiger partial charge in [0.05, 0.1) is 0 Å². The molecule has 4 heterocycles. The summed E-state index contributed by atoms with van der Waals surface area (Å²) < 4.78 is 5.55. The van der Waals surface area contributed by atoms with Gasteiger partial charge in [0.2, 0.25) is 0 Å². The highest BCUT2D eigenvalue weighted by molar-refractivity contribution is 14.0. The molecule has 3 saturated heterocycles. The van der Waals surface area contributed by atoms with Crippen molar-refractivity contribution in [1.82, 2.24) is 20.1 Å². The fourth-order valence-corrected chi connectivity index (χ4v) is 4.64. The molecule has 32 heavy (non-hydrogen) atoms. The van der Waals surface area contributed by atoms with Crippen molar-refractivity contribution < 1.29 is 9.53 Å². The van der Waals surface area contributed by atoms with Gasteiger partial charge in [-0.2, -0.15) is 0 Å². The molecule has 1 atom stereocenters.